The summed E-state index contributed by atoms with van der Waals surface area (Å²) in [6, 6.07) is 6.27. The van der Waals surface area contributed by atoms with E-state index in [-0.39, 0.29) is 5.91 Å². The smallest absolute Gasteiger partial charge is 0.251 e. The van der Waals surface area contributed by atoms with Crippen molar-refractivity contribution in [1.29, 1.82) is 0 Å². The largest absolute Gasteiger partial charge is 0.388 e. The van der Waals surface area contributed by atoms with Crippen LogP contribution in [-0.2, 0) is 0 Å². The number of hydrogen-bond donors (Lipinski definition) is 2. The summed E-state index contributed by atoms with van der Waals surface area (Å²) in [7, 11) is 1.89. The third-order valence-electron chi connectivity index (χ3n) is 4.16. The third-order valence-corrected chi connectivity index (χ3v) is 4.16. The van der Waals surface area contributed by atoms with Crippen LogP contribution in [0.3, 0.4) is 0 Å². The van der Waals surface area contributed by atoms with E-state index in [1.54, 1.807) is 0 Å². The van der Waals surface area contributed by atoms with Gasteiger partial charge in [0.25, 0.3) is 5.91 Å². The fourth-order valence-corrected chi connectivity index (χ4v) is 2.94. The first-order chi connectivity index (χ1) is 9.65. The molecule has 20 heavy (non-hydrogen) atoms. The molecule has 1 aliphatic heterocycles. The molecule has 0 aromatic heterocycles. The van der Waals surface area contributed by atoms with Crippen molar-refractivity contribution in [2.45, 2.75) is 32.7 Å². The molecule has 110 valence electrons. The zero-order valence-electron chi connectivity index (χ0n) is 12.7. The second-order valence-electron chi connectivity index (χ2n) is 5.41. The van der Waals surface area contributed by atoms with E-state index >= 15 is 0 Å². The van der Waals surface area contributed by atoms with Gasteiger partial charge in [0.2, 0.25) is 0 Å². The summed E-state index contributed by atoms with van der Waals surface area (Å²) < 4.78 is 0. The summed E-state index contributed by atoms with van der Waals surface area (Å²) in [5.41, 5.74) is 2.90. The third kappa shape index (κ3) is 3.31. The van der Waals surface area contributed by atoms with E-state index in [9.17, 15) is 4.79 Å². The Morgan fingerprint density at radius 2 is 2.25 bits per heavy atom. The molecule has 1 aliphatic rings. The first-order valence-electron chi connectivity index (χ1n) is 7.46. The van der Waals surface area contributed by atoms with Crippen LogP contribution in [0, 0.1) is 6.92 Å². The van der Waals surface area contributed by atoms with Crippen LogP contribution in [0.1, 0.15) is 35.7 Å². The van der Waals surface area contributed by atoms with Crippen molar-refractivity contribution in [2.24, 2.45) is 0 Å². The van der Waals surface area contributed by atoms with E-state index in [0.717, 1.165) is 36.4 Å². The fraction of sp³-hybridized carbons (Fsp3) is 0.562. The standard InChI is InChI=1S/C16H25N3O/c1-4-19-9-5-6-14(19)11-18-16(20)13-7-8-15(17-3)12(2)10-13/h7-8,10,14,17H,4-6,9,11H2,1-3H3,(H,18,20). The summed E-state index contributed by atoms with van der Waals surface area (Å²) >= 11 is 0. The topological polar surface area (TPSA) is 44.4 Å². The summed E-state index contributed by atoms with van der Waals surface area (Å²) in [6.07, 6.45) is 2.43. The Kier molecular flexibility index (Phi) is 5.01. The lowest BCUT2D eigenvalue weighted by molar-refractivity contribution is 0.0941. The molecule has 1 saturated heterocycles. The van der Waals surface area contributed by atoms with Crippen molar-refractivity contribution < 1.29 is 4.79 Å². The molecule has 0 bridgehead atoms. The first kappa shape index (κ1) is 14.9. The summed E-state index contributed by atoms with van der Waals surface area (Å²) in [5, 5.41) is 6.18. The van der Waals surface area contributed by atoms with Crippen LogP contribution in [0.2, 0.25) is 0 Å². The average molecular weight is 275 g/mol. The lowest BCUT2D eigenvalue weighted by Gasteiger charge is -2.22. The second kappa shape index (κ2) is 6.75. The molecule has 1 amide bonds. The minimum absolute atomic E-state index is 0.0266. The molecule has 0 radical (unpaired) electrons. The molecule has 1 aromatic rings. The molecule has 1 heterocycles. The molecule has 1 fully saturated rings. The Labute approximate surface area is 121 Å². The van der Waals surface area contributed by atoms with Crippen LogP contribution in [0.4, 0.5) is 5.69 Å². The van der Waals surface area contributed by atoms with Gasteiger partial charge in [0.15, 0.2) is 0 Å². The predicted octanol–water partition coefficient (Wildman–Crippen LogP) is 2.25. The van der Waals surface area contributed by atoms with Crippen molar-refractivity contribution in [2.75, 3.05) is 32.0 Å². The van der Waals surface area contributed by atoms with E-state index in [4.69, 9.17) is 0 Å². The van der Waals surface area contributed by atoms with Gasteiger partial charge in [0.05, 0.1) is 0 Å². The Morgan fingerprint density at radius 1 is 1.45 bits per heavy atom. The van der Waals surface area contributed by atoms with Gasteiger partial charge in [-0.15, -0.1) is 0 Å². The van der Waals surface area contributed by atoms with E-state index in [1.807, 2.05) is 32.2 Å². The number of nitrogens with one attached hydrogen (secondary N) is 2. The van der Waals surface area contributed by atoms with E-state index in [1.165, 1.54) is 12.8 Å². The van der Waals surface area contributed by atoms with Gasteiger partial charge < -0.3 is 10.6 Å². The van der Waals surface area contributed by atoms with Crippen molar-refractivity contribution in [3.05, 3.63) is 29.3 Å². The number of amides is 1. The number of anilines is 1. The predicted molar refractivity (Wildman–Crippen MR) is 83.3 cm³/mol. The quantitative estimate of drug-likeness (QED) is 0.866. The van der Waals surface area contributed by atoms with Crippen LogP contribution in [-0.4, -0.2) is 43.5 Å². The molecule has 4 nitrogen and oxygen atoms in total. The minimum atomic E-state index is 0.0266. The summed E-state index contributed by atoms with van der Waals surface area (Å²) in [6.45, 7) is 7.17. The number of carbonyl (C=O) groups excluding carboxylic acids is 1. The maximum atomic E-state index is 12.2. The van der Waals surface area contributed by atoms with Gasteiger partial charge in [-0.3, -0.25) is 9.69 Å². The van der Waals surface area contributed by atoms with Gasteiger partial charge in [0.1, 0.15) is 0 Å². The monoisotopic (exact) mass is 275 g/mol. The SMILES string of the molecule is CCN1CCCC1CNC(=O)c1ccc(NC)c(C)c1. The van der Waals surface area contributed by atoms with Crippen LogP contribution in [0.5, 0.6) is 0 Å². The van der Waals surface area contributed by atoms with E-state index < -0.39 is 0 Å². The Hall–Kier alpha value is -1.55. The fourth-order valence-electron chi connectivity index (χ4n) is 2.94. The number of hydrogen-bond acceptors (Lipinski definition) is 3. The van der Waals surface area contributed by atoms with Gasteiger partial charge >= 0.3 is 0 Å². The minimum Gasteiger partial charge on any atom is -0.388 e. The van der Waals surface area contributed by atoms with Crippen LogP contribution < -0.4 is 10.6 Å². The molecular weight excluding hydrogens is 250 g/mol. The maximum Gasteiger partial charge on any atom is 0.251 e. The molecule has 0 saturated carbocycles. The van der Waals surface area contributed by atoms with Crippen molar-refractivity contribution in [3.8, 4) is 0 Å². The molecule has 0 aliphatic carbocycles. The number of benzene rings is 1. The molecule has 2 rings (SSSR count). The maximum absolute atomic E-state index is 12.2. The lowest BCUT2D eigenvalue weighted by Crippen LogP contribution is -2.40. The highest BCUT2D eigenvalue weighted by Crippen LogP contribution is 2.17. The van der Waals surface area contributed by atoms with Gasteiger partial charge in [-0.05, 0) is 56.6 Å². The number of carbonyl (C=O) groups is 1. The van der Waals surface area contributed by atoms with Crippen LogP contribution in [0.15, 0.2) is 18.2 Å². The Balaban J connectivity index is 1.93. The zero-order chi connectivity index (χ0) is 14.5. The van der Waals surface area contributed by atoms with Crippen molar-refractivity contribution >= 4 is 11.6 Å². The van der Waals surface area contributed by atoms with Crippen molar-refractivity contribution in [1.82, 2.24) is 10.2 Å². The zero-order valence-corrected chi connectivity index (χ0v) is 12.7. The van der Waals surface area contributed by atoms with E-state index in [0.29, 0.717) is 6.04 Å². The first-order valence-corrected chi connectivity index (χ1v) is 7.46. The normalized spacial score (nSPS) is 19.1. The summed E-state index contributed by atoms with van der Waals surface area (Å²) in [4.78, 5) is 14.6. The molecule has 1 aromatic carbocycles. The van der Waals surface area contributed by atoms with Crippen LogP contribution in [0.25, 0.3) is 0 Å². The van der Waals surface area contributed by atoms with Gasteiger partial charge in [-0.1, -0.05) is 6.92 Å². The molecule has 1 atom stereocenters. The van der Waals surface area contributed by atoms with E-state index in [2.05, 4.69) is 22.5 Å². The number of likely N-dealkylation sites (tertiary alicyclic amines) is 1. The molecule has 2 N–H and O–H groups in total. The lowest BCUT2D eigenvalue weighted by atomic mass is 10.1. The Morgan fingerprint density at radius 3 is 2.90 bits per heavy atom. The van der Waals surface area contributed by atoms with Crippen molar-refractivity contribution in [3.63, 3.8) is 0 Å². The second-order valence-corrected chi connectivity index (χ2v) is 5.41. The Bertz CT molecular complexity index is 473. The molecule has 0 spiro atoms. The van der Waals surface area contributed by atoms with Gasteiger partial charge in [0, 0.05) is 30.9 Å². The molecule has 4 heteroatoms. The van der Waals surface area contributed by atoms with Crippen LogP contribution >= 0.6 is 0 Å². The average Bonchev–Trinajstić information content (AvgIpc) is 2.92. The number of aryl methyl sites for hydroxylation is 1. The molecule has 1 unspecified atom stereocenters. The summed E-state index contributed by atoms with van der Waals surface area (Å²) in [5.74, 6) is 0.0266. The highest BCUT2D eigenvalue weighted by molar-refractivity contribution is 5.94. The molecular formula is C16H25N3O. The van der Waals surface area contributed by atoms with Gasteiger partial charge in [-0.25, -0.2) is 0 Å². The number of nitrogens with zero attached hydrogens (tertiary/aromatic N) is 1. The highest BCUT2D eigenvalue weighted by atomic mass is 16.1. The number of likely N-dealkylation sites (N-methyl/N-ethyl adjacent to an activating group) is 1. The highest BCUT2D eigenvalue weighted by Gasteiger charge is 2.23. The number of rotatable bonds is 5. The van der Waals surface area contributed by atoms with Gasteiger partial charge in [-0.2, -0.15) is 0 Å².